The summed E-state index contributed by atoms with van der Waals surface area (Å²) in [6.45, 7) is 4.80. The van der Waals surface area contributed by atoms with Gasteiger partial charge in [0.25, 0.3) is 0 Å². The molecule has 0 amide bonds. The fourth-order valence-electron chi connectivity index (χ4n) is 2.34. The zero-order chi connectivity index (χ0) is 15.1. The fraction of sp³-hybridized carbons (Fsp3) is 0.571. The summed E-state index contributed by atoms with van der Waals surface area (Å²) in [5, 5.41) is 2.99. The second-order valence-corrected chi connectivity index (χ2v) is 6.73. The van der Waals surface area contributed by atoms with Gasteiger partial charge in [-0.2, -0.15) is 0 Å². The Balaban J connectivity index is 1.94. The molecule has 118 valence electrons. The van der Waals surface area contributed by atoms with E-state index < -0.39 is 10.0 Å². The first kappa shape index (κ1) is 16.4. The Bertz CT molecular complexity index is 542. The van der Waals surface area contributed by atoms with Crippen molar-refractivity contribution in [3.63, 3.8) is 0 Å². The van der Waals surface area contributed by atoms with E-state index in [9.17, 15) is 8.42 Å². The standard InChI is InChI=1S/C14H23N3O3S/c1-15-12-13-4-2-3-5-14(13)21(18,19)16-6-7-17-8-10-20-11-9-17/h2-5,15-16H,6-12H2,1H3. The van der Waals surface area contributed by atoms with E-state index in [4.69, 9.17) is 4.74 Å². The quantitative estimate of drug-likeness (QED) is 0.742. The summed E-state index contributed by atoms with van der Waals surface area (Å²) in [5.41, 5.74) is 0.777. The number of morpholine rings is 1. The minimum atomic E-state index is -3.46. The van der Waals surface area contributed by atoms with E-state index in [2.05, 4.69) is 14.9 Å². The number of rotatable bonds is 7. The number of sulfonamides is 1. The third-order valence-electron chi connectivity index (χ3n) is 3.45. The molecule has 0 spiro atoms. The predicted octanol–water partition coefficient (Wildman–Crippen LogP) is 0.0165. The van der Waals surface area contributed by atoms with E-state index >= 15 is 0 Å². The molecule has 0 aliphatic carbocycles. The minimum absolute atomic E-state index is 0.348. The molecule has 1 aliphatic rings. The lowest BCUT2D eigenvalue weighted by molar-refractivity contribution is 0.0390. The summed E-state index contributed by atoms with van der Waals surface area (Å²) in [6.07, 6.45) is 0. The van der Waals surface area contributed by atoms with Crippen LogP contribution in [0.25, 0.3) is 0 Å². The molecule has 1 saturated heterocycles. The average molecular weight is 313 g/mol. The van der Waals surface area contributed by atoms with E-state index in [1.807, 2.05) is 12.1 Å². The highest BCUT2D eigenvalue weighted by atomic mass is 32.2. The Kier molecular flexibility index (Phi) is 6.13. The van der Waals surface area contributed by atoms with Gasteiger partial charge in [-0.1, -0.05) is 18.2 Å². The molecule has 0 unspecified atom stereocenters. The first-order valence-corrected chi connectivity index (χ1v) is 8.64. The van der Waals surface area contributed by atoms with Gasteiger partial charge >= 0.3 is 0 Å². The lowest BCUT2D eigenvalue weighted by Crippen LogP contribution is -2.41. The lowest BCUT2D eigenvalue weighted by atomic mass is 10.2. The highest BCUT2D eigenvalue weighted by Crippen LogP contribution is 2.14. The van der Waals surface area contributed by atoms with Crippen LogP contribution in [0.3, 0.4) is 0 Å². The summed E-state index contributed by atoms with van der Waals surface area (Å²) in [4.78, 5) is 2.55. The first-order valence-electron chi connectivity index (χ1n) is 7.16. The van der Waals surface area contributed by atoms with E-state index in [-0.39, 0.29) is 0 Å². The zero-order valence-corrected chi connectivity index (χ0v) is 13.2. The minimum Gasteiger partial charge on any atom is -0.379 e. The zero-order valence-electron chi connectivity index (χ0n) is 12.3. The molecule has 0 aromatic heterocycles. The van der Waals surface area contributed by atoms with Crippen molar-refractivity contribution in [2.75, 3.05) is 46.4 Å². The molecular weight excluding hydrogens is 290 g/mol. The van der Waals surface area contributed by atoms with Crippen LogP contribution < -0.4 is 10.0 Å². The molecule has 1 aliphatic heterocycles. The van der Waals surface area contributed by atoms with Crippen LogP contribution in [0.15, 0.2) is 29.2 Å². The largest absolute Gasteiger partial charge is 0.379 e. The van der Waals surface area contributed by atoms with Crippen LogP contribution in [0.1, 0.15) is 5.56 Å². The van der Waals surface area contributed by atoms with Crippen LogP contribution in [-0.4, -0.2) is 59.8 Å². The van der Waals surface area contributed by atoms with Crippen LogP contribution >= 0.6 is 0 Å². The van der Waals surface area contributed by atoms with Gasteiger partial charge in [-0.05, 0) is 18.7 Å². The van der Waals surface area contributed by atoms with Crippen molar-refractivity contribution in [3.05, 3.63) is 29.8 Å². The van der Waals surface area contributed by atoms with Gasteiger partial charge in [-0.3, -0.25) is 4.90 Å². The molecule has 0 bridgehead atoms. The molecule has 1 heterocycles. The topological polar surface area (TPSA) is 70.7 Å². The summed E-state index contributed by atoms with van der Waals surface area (Å²) in [7, 11) is -1.66. The molecule has 6 nitrogen and oxygen atoms in total. The maximum atomic E-state index is 12.4. The number of benzene rings is 1. The molecule has 1 aromatic carbocycles. The smallest absolute Gasteiger partial charge is 0.240 e. The van der Waals surface area contributed by atoms with Crippen LogP contribution in [0, 0.1) is 0 Å². The van der Waals surface area contributed by atoms with Crippen molar-refractivity contribution in [3.8, 4) is 0 Å². The number of hydrogen-bond acceptors (Lipinski definition) is 5. The van der Waals surface area contributed by atoms with Crippen molar-refractivity contribution >= 4 is 10.0 Å². The van der Waals surface area contributed by atoms with E-state index in [1.54, 1.807) is 19.2 Å². The molecule has 1 fully saturated rings. The molecule has 2 N–H and O–H groups in total. The molecule has 2 rings (SSSR count). The third-order valence-corrected chi connectivity index (χ3v) is 5.01. The molecular formula is C14H23N3O3S. The maximum Gasteiger partial charge on any atom is 0.240 e. The van der Waals surface area contributed by atoms with Gasteiger partial charge in [-0.15, -0.1) is 0 Å². The van der Waals surface area contributed by atoms with Crippen molar-refractivity contribution in [2.24, 2.45) is 0 Å². The monoisotopic (exact) mass is 313 g/mol. The van der Waals surface area contributed by atoms with E-state index in [1.165, 1.54) is 0 Å². The van der Waals surface area contributed by atoms with Gasteiger partial charge in [-0.25, -0.2) is 13.1 Å². The van der Waals surface area contributed by atoms with Crippen LogP contribution in [0.2, 0.25) is 0 Å². The molecule has 0 radical (unpaired) electrons. The van der Waals surface area contributed by atoms with Gasteiger partial charge in [0.15, 0.2) is 0 Å². The van der Waals surface area contributed by atoms with Crippen LogP contribution in [0.4, 0.5) is 0 Å². The number of ether oxygens (including phenoxy) is 1. The van der Waals surface area contributed by atoms with Crippen LogP contribution in [0.5, 0.6) is 0 Å². The highest BCUT2D eigenvalue weighted by Gasteiger charge is 2.18. The number of nitrogens with one attached hydrogen (secondary N) is 2. The Morgan fingerprint density at radius 1 is 1.24 bits per heavy atom. The number of nitrogens with zero attached hydrogens (tertiary/aromatic N) is 1. The van der Waals surface area contributed by atoms with Crippen molar-refractivity contribution < 1.29 is 13.2 Å². The van der Waals surface area contributed by atoms with Crippen molar-refractivity contribution in [2.45, 2.75) is 11.4 Å². The average Bonchev–Trinajstić information content (AvgIpc) is 2.49. The Morgan fingerprint density at radius 2 is 1.95 bits per heavy atom. The summed E-state index contributed by atoms with van der Waals surface area (Å²) in [5.74, 6) is 0. The lowest BCUT2D eigenvalue weighted by Gasteiger charge is -2.26. The third kappa shape index (κ3) is 4.76. The SMILES string of the molecule is CNCc1ccccc1S(=O)(=O)NCCN1CCOCC1. The Hall–Kier alpha value is -0.990. The maximum absolute atomic E-state index is 12.4. The van der Waals surface area contributed by atoms with Crippen molar-refractivity contribution in [1.29, 1.82) is 0 Å². The first-order chi connectivity index (χ1) is 10.1. The molecule has 0 atom stereocenters. The second-order valence-electron chi connectivity index (χ2n) is 4.99. The Labute approximate surface area is 126 Å². The van der Waals surface area contributed by atoms with Gasteiger partial charge < -0.3 is 10.1 Å². The van der Waals surface area contributed by atoms with Gasteiger partial charge in [0.1, 0.15) is 0 Å². The highest BCUT2D eigenvalue weighted by molar-refractivity contribution is 7.89. The fourth-order valence-corrected chi connectivity index (χ4v) is 3.60. The summed E-state index contributed by atoms with van der Waals surface area (Å²) < 4.78 is 32.7. The molecule has 7 heteroatoms. The second kappa shape index (κ2) is 7.86. The number of hydrogen-bond donors (Lipinski definition) is 2. The van der Waals surface area contributed by atoms with Gasteiger partial charge in [0.2, 0.25) is 10.0 Å². The predicted molar refractivity (Wildman–Crippen MR) is 81.7 cm³/mol. The van der Waals surface area contributed by atoms with Crippen molar-refractivity contribution in [1.82, 2.24) is 14.9 Å². The molecule has 0 saturated carbocycles. The molecule has 1 aromatic rings. The van der Waals surface area contributed by atoms with E-state index in [0.29, 0.717) is 24.5 Å². The van der Waals surface area contributed by atoms with E-state index in [0.717, 1.165) is 31.9 Å². The Morgan fingerprint density at radius 3 is 2.67 bits per heavy atom. The summed E-state index contributed by atoms with van der Waals surface area (Å²) >= 11 is 0. The summed E-state index contributed by atoms with van der Waals surface area (Å²) in [6, 6.07) is 7.06. The van der Waals surface area contributed by atoms with Gasteiger partial charge in [0, 0.05) is 32.7 Å². The van der Waals surface area contributed by atoms with Crippen LogP contribution in [-0.2, 0) is 21.3 Å². The normalized spacial score (nSPS) is 17.0. The molecule has 21 heavy (non-hydrogen) atoms. The van der Waals surface area contributed by atoms with Gasteiger partial charge in [0.05, 0.1) is 18.1 Å².